The highest BCUT2D eigenvalue weighted by Gasteiger charge is 2.39. The van der Waals surface area contributed by atoms with Gasteiger partial charge in [0.05, 0.1) is 11.1 Å². The van der Waals surface area contributed by atoms with E-state index in [4.69, 9.17) is 10.5 Å². The first-order valence-corrected chi connectivity index (χ1v) is 6.73. The number of carbonyl (C=O) groups excluding carboxylic acids is 1. The molecule has 0 radical (unpaired) electrons. The third-order valence-electron chi connectivity index (χ3n) is 4.10. The summed E-state index contributed by atoms with van der Waals surface area (Å²) in [5.41, 5.74) is 1.21. The van der Waals surface area contributed by atoms with Crippen LogP contribution in [-0.4, -0.2) is 5.91 Å². The molecule has 4 nitrogen and oxygen atoms in total. The Morgan fingerprint density at radius 3 is 2.55 bits per heavy atom. The van der Waals surface area contributed by atoms with Gasteiger partial charge < -0.3 is 5.32 Å². The third kappa shape index (κ3) is 2.65. The van der Waals surface area contributed by atoms with E-state index in [9.17, 15) is 4.79 Å². The monoisotopic (exact) mass is 267 g/mol. The second-order valence-corrected chi connectivity index (χ2v) is 5.91. The van der Waals surface area contributed by atoms with Gasteiger partial charge in [-0.25, -0.2) is 0 Å². The van der Waals surface area contributed by atoms with Gasteiger partial charge in [-0.3, -0.25) is 4.79 Å². The number of anilines is 1. The summed E-state index contributed by atoms with van der Waals surface area (Å²) in [6.45, 7) is 4.23. The van der Waals surface area contributed by atoms with Gasteiger partial charge in [0, 0.05) is 11.6 Å². The van der Waals surface area contributed by atoms with Crippen LogP contribution >= 0.6 is 0 Å². The molecule has 1 aliphatic carbocycles. The Labute approximate surface area is 119 Å². The molecule has 102 valence electrons. The maximum atomic E-state index is 12.3. The van der Waals surface area contributed by atoms with Crippen molar-refractivity contribution >= 4 is 11.6 Å². The van der Waals surface area contributed by atoms with Crippen molar-refractivity contribution in [3.8, 4) is 12.1 Å². The fourth-order valence-corrected chi connectivity index (χ4v) is 2.85. The number of amides is 1. The normalized spacial score (nSPS) is 19.9. The molecule has 20 heavy (non-hydrogen) atoms. The largest absolute Gasteiger partial charge is 0.326 e. The Hall–Kier alpha value is -2.33. The summed E-state index contributed by atoms with van der Waals surface area (Å²) < 4.78 is 0. The van der Waals surface area contributed by atoms with Crippen molar-refractivity contribution in [1.82, 2.24) is 0 Å². The van der Waals surface area contributed by atoms with Gasteiger partial charge in [0.2, 0.25) is 5.91 Å². The molecule has 1 unspecified atom stereocenters. The van der Waals surface area contributed by atoms with Crippen LogP contribution in [0.3, 0.4) is 0 Å². The SMILES string of the molecule is CC1(C)CCCC1C(=O)Nc1ccc(C#N)c(C#N)c1. The maximum absolute atomic E-state index is 12.3. The first kappa shape index (κ1) is 14.1. The number of nitriles is 2. The summed E-state index contributed by atoms with van der Waals surface area (Å²) in [6.07, 6.45) is 3.03. The van der Waals surface area contributed by atoms with Crippen LogP contribution in [0.1, 0.15) is 44.2 Å². The molecule has 1 N–H and O–H groups in total. The van der Waals surface area contributed by atoms with E-state index in [2.05, 4.69) is 19.2 Å². The lowest BCUT2D eigenvalue weighted by Crippen LogP contribution is -2.30. The minimum Gasteiger partial charge on any atom is -0.326 e. The molecule has 0 saturated heterocycles. The summed E-state index contributed by atoms with van der Waals surface area (Å²) in [7, 11) is 0. The quantitative estimate of drug-likeness (QED) is 0.893. The van der Waals surface area contributed by atoms with Gasteiger partial charge >= 0.3 is 0 Å². The predicted molar refractivity (Wildman–Crippen MR) is 75.6 cm³/mol. The molecule has 0 aliphatic heterocycles. The zero-order valence-corrected chi connectivity index (χ0v) is 11.7. The van der Waals surface area contributed by atoms with Gasteiger partial charge in [0.15, 0.2) is 0 Å². The van der Waals surface area contributed by atoms with Crippen molar-refractivity contribution in [3.63, 3.8) is 0 Å². The van der Waals surface area contributed by atoms with E-state index >= 15 is 0 Å². The number of nitrogens with one attached hydrogen (secondary N) is 1. The van der Waals surface area contributed by atoms with Crippen LogP contribution in [0, 0.1) is 34.0 Å². The third-order valence-corrected chi connectivity index (χ3v) is 4.10. The Kier molecular flexibility index (Phi) is 3.77. The summed E-state index contributed by atoms with van der Waals surface area (Å²) in [4.78, 5) is 12.3. The molecule has 1 amide bonds. The predicted octanol–water partition coefficient (Wildman–Crippen LogP) is 3.19. The number of benzene rings is 1. The first-order chi connectivity index (χ1) is 9.47. The van der Waals surface area contributed by atoms with E-state index in [1.54, 1.807) is 18.2 Å². The van der Waals surface area contributed by atoms with Crippen LogP contribution in [0.4, 0.5) is 5.69 Å². The molecule has 4 heteroatoms. The fourth-order valence-electron chi connectivity index (χ4n) is 2.85. The highest BCUT2D eigenvalue weighted by Crippen LogP contribution is 2.43. The highest BCUT2D eigenvalue weighted by molar-refractivity contribution is 5.93. The lowest BCUT2D eigenvalue weighted by molar-refractivity contribution is -0.122. The number of hydrogen-bond donors (Lipinski definition) is 1. The molecule has 0 spiro atoms. The number of nitrogens with zero attached hydrogens (tertiary/aromatic N) is 2. The van der Waals surface area contributed by atoms with E-state index in [1.165, 1.54) is 0 Å². The van der Waals surface area contributed by atoms with Crippen LogP contribution in [0.2, 0.25) is 0 Å². The minimum atomic E-state index is 0.00102. The molecular weight excluding hydrogens is 250 g/mol. The second kappa shape index (κ2) is 5.35. The topological polar surface area (TPSA) is 76.7 Å². The Balaban J connectivity index is 2.17. The average Bonchev–Trinajstić information content (AvgIpc) is 2.78. The fraction of sp³-hybridized carbons (Fsp3) is 0.438. The van der Waals surface area contributed by atoms with Crippen LogP contribution in [0.5, 0.6) is 0 Å². The lowest BCUT2D eigenvalue weighted by atomic mass is 9.81. The summed E-state index contributed by atoms with van der Waals surface area (Å²) in [5.74, 6) is 0.00442. The number of hydrogen-bond acceptors (Lipinski definition) is 3. The van der Waals surface area contributed by atoms with Crippen LogP contribution in [0.15, 0.2) is 18.2 Å². The van der Waals surface area contributed by atoms with Gasteiger partial charge in [-0.2, -0.15) is 10.5 Å². The average molecular weight is 267 g/mol. The zero-order chi connectivity index (χ0) is 14.8. The van der Waals surface area contributed by atoms with Gasteiger partial charge in [0.25, 0.3) is 0 Å². The molecule has 2 rings (SSSR count). The summed E-state index contributed by atoms with van der Waals surface area (Å²) in [5, 5.41) is 20.7. The summed E-state index contributed by atoms with van der Waals surface area (Å²) >= 11 is 0. The van der Waals surface area contributed by atoms with E-state index in [0.717, 1.165) is 19.3 Å². The van der Waals surface area contributed by atoms with Gasteiger partial charge in [-0.15, -0.1) is 0 Å². The molecule has 1 fully saturated rings. The van der Waals surface area contributed by atoms with E-state index in [1.807, 2.05) is 12.1 Å². The molecule has 1 saturated carbocycles. The number of rotatable bonds is 2. The first-order valence-electron chi connectivity index (χ1n) is 6.73. The highest BCUT2D eigenvalue weighted by atomic mass is 16.1. The Morgan fingerprint density at radius 1 is 1.30 bits per heavy atom. The van der Waals surface area contributed by atoms with Crippen molar-refractivity contribution in [1.29, 1.82) is 10.5 Å². The van der Waals surface area contributed by atoms with Gasteiger partial charge in [-0.05, 0) is 36.5 Å². The Bertz CT molecular complexity index is 620. The molecule has 0 heterocycles. The molecular formula is C16H17N3O. The number of carbonyl (C=O) groups is 1. The lowest BCUT2D eigenvalue weighted by Gasteiger charge is -2.25. The summed E-state index contributed by atoms with van der Waals surface area (Å²) in [6, 6.07) is 8.72. The van der Waals surface area contributed by atoms with Crippen molar-refractivity contribution in [2.45, 2.75) is 33.1 Å². The van der Waals surface area contributed by atoms with E-state index < -0.39 is 0 Å². The van der Waals surface area contributed by atoms with Crippen LogP contribution < -0.4 is 5.32 Å². The van der Waals surface area contributed by atoms with Gasteiger partial charge in [-0.1, -0.05) is 20.3 Å². The van der Waals surface area contributed by atoms with E-state index in [0.29, 0.717) is 11.3 Å². The van der Waals surface area contributed by atoms with Crippen LogP contribution in [0.25, 0.3) is 0 Å². The molecule has 1 aromatic carbocycles. The Morgan fingerprint density at radius 2 is 2.00 bits per heavy atom. The zero-order valence-electron chi connectivity index (χ0n) is 11.7. The molecule has 0 aromatic heterocycles. The molecule has 1 atom stereocenters. The van der Waals surface area contributed by atoms with Crippen LogP contribution in [-0.2, 0) is 4.79 Å². The molecule has 1 aromatic rings. The van der Waals surface area contributed by atoms with Crippen molar-refractivity contribution in [2.24, 2.45) is 11.3 Å². The van der Waals surface area contributed by atoms with E-state index in [-0.39, 0.29) is 22.8 Å². The smallest absolute Gasteiger partial charge is 0.228 e. The van der Waals surface area contributed by atoms with Crippen molar-refractivity contribution in [2.75, 3.05) is 5.32 Å². The minimum absolute atomic E-state index is 0.00102. The van der Waals surface area contributed by atoms with Gasteiger partial charge in [0.1, 0.15) is 12.1 Å². The van der Waals surface area contributed by atoms with Crippen molar-refractivity contribution < 1.29 is 4.79 Å². The molecule has 1 aliphatic rings. The maximum Gasteiger partial charge on any atom is 0.228 e. The standard InChI is InChI=1S/C16H17N3O/c1-16(2)7-3-4-14(16)15(20)19-13-6-5-11(9-17)12(8-13)10-18/h5-6,8,14H,3-4,7H2,1-2H3,(H,19,20). The molecule has 0 bridgehead atoms. The van der Waals surface area contributed by atoms with Crippen molar-refractivity contribution in [3.05, 3.63) is 29.3 Å². The second-order valence-electron chi connectivity index (χ2n) is 5.91.